The maximum absolute atomic E-state index is 4.69. The molecule has 0 atom stereocenters. The first-order chi connectivity index (χ1) is 10.4. The second kappa shape index (κ2) is 5.17. The summed E-state index contributed by atoms with van der Waals surface area (Å²) in [6.45, 7) is 1.07. The monoisotopic (exact) mass is 275 g/mol. The van der Waals surface area contributed by atoms with Gasteiger partial charge in [-0.2, -0.15) is 0 Å². The number of rotatable bonds is 4. The van der Waals surface area contributed by atoms with Gasteiger partial charge in [0.15, 0.2) is 0 Å². The molecule has 0 N–H and O–H groups in total. The molecule has 3 aromatic rings. The van der Waals surface area contributed by atoms with Crippen LogP contribution in [0.25, 0.3) is 22.5 Å². The Morgan fingerprint density at radius 1 is 0.952 bits per heavy atom. The lowest BCUT2D eigenvalue weighted by Gasteiger charge is -2.10. The smallest absolute Gasteiger partial charge is 0.0963 e. The summed E-state index contributed by atoms with van der Waals surface area (Å²) in [5, 5.41) is 0. The van der Waals surface area contributed by atoms with Crippen LogP contribution < -0.4 is 0 Å². The lowest BCUT2D eigenvalue weighted by atomic mass is 10.1. The van der Waals surface area contributed by atoms with Gasteiger partial charge in [0, 0.05) is 30.1 Å². The molecule has 0 bridgehead atoms. The van der Waals surface area contributed by atoms with E-state index in [0.717, 1.165) is 18.2 Å². The fourth-order valence-corrected chi connectivity index (χ4v) is 2.72. The normalized spacial score (nSPS) is 14.3. The van der Waals surface area contributed by atoms with Crippen molar-refractivity contribution in [1.29, 1.82) is 0 Å². The highest BCUT2D eigenvalue weighted by Gasteiger charge is 2.24. The summed E-state index contributed by atoms with van der Waals surface area (Å²) in [5.41, 5.74) is 4.61. The number of imidazole rings is 1. The Morgan fingerprint density at radius 3 is 2.43 bits per heavy atom. The fraction of sp³-hybridized carbons (Fsp3) is 0.222. The topological polar surface area (TPSA) is 30.7 Å². The van der Waals surface area contributed by atoms with E-state index >= 15 is 0 Å². The third-order valence-corrected chi connectivity index (χ3v) is 3.99. The van der Waals surface area contributed by atoms with Crippen LogP contribution in [0.2, 0.25) is 0 Å². The van der Waals surface area contributed by atoms with Gasteiger partial charge in [-0.25, -0.2) is 4.98 Å². The summed E-state index contributed by atoms with van der Waals surface area (Å²) in [6.07, 6.45) is 8.36. The third-order valence-electron chi connectivity index (χ3n) is 3.99. The van der Waals surface area contributed by atoms with Crippen molar-refractivity contribution in [3.8, 4) is 22.5 Å². The van der Waals surface area contributed by atoms with E-state index < -0.39 is 0 Å². The van der Waals surface area contributed by atoms with Crippen LogP contribution in [0.3, 0.4) is 0 Å². The van der Waals surface area contributed by atoms with Gasteiger partial charge >= 0.3 is 0 Å². The van der Waals surface area contributed by atoms with Crippen LogP contribution in [0.1, 0.15) is 12.8 Å². The zero-order chi connectivity index (χ0) is 14.1. The molecule has 0 amide bonds. The van der Waals surface area contributed by atoms with Gasteiger partial charge in [0.25, 0.3) is 0 Å². The number of aromatic nitrogens is 3. The number of hydrogen-bond acceptors (Lipinski definition) is 2. The van der Waals surface area contributed by atoms with Crippen molar-refractivity contribution in [1.82, 2.24) is 14.5 Å². The summed E-state index contributed by atoms with van der Waals surface area (Å²) in [4.78, 5) is 8.82. The Hall–Kier alpha value is -2.42. The number of hydrogen-bond donors (Lipinski definition) is 0. The van der Waals surface area contributed by atoms with Crippen molar-refractivity contribution < 1.29 is 0 Å². The van der Waals surface area contributed by atoms with Gasteiger partial charge in [-0.15, -0.1) is 0 Å². The van der Waals surface area contributed by atoms with E-state index in [1.807, 2.05) is 24.8 Å². The first kappa shape index (κ1) is 12.3. The minimum Gasteiger partial charge on any atom is -0.330 e. The molecule has 1 saturated carbocycles. The van der Waals surface area contributed by atoms with Crippen LogP contribution in [-0.4, -0.2) is 14.5 Å². The molecule has 104 valence electrons. The summed E-state index contributed by atoms with van der Waals surface area (Å²) in [6, 6.07) is 14.5. The van der Waals surface area contributed by atoms with Crippen molar-refractivity contribution in [2.45, 2.75) is 19.4 Å². The van der Waals surface area contributed by atoms with Gasteiger partial charge in [0.2, 0.25) is 0 Å². The second-order valence-corrected chi connectivity index (χ2v) is 5.64. The van der Waals surface area contributed by atoms with E-state index in [0.29, 0.717) is 0 Å². The third kappa shape index (κ3) is 2.47. The van der Waals surface area contributed by atoms with E-state index in [1.165, 1.54) is 29.7 Å². The van der Waals surface area contributed by atoms with E-state index in [4.69, 9.17) is 0 Å². The minimum absolute atomic E-state index is 0.823. The van der Waals surface area contributed by atoms with Crippen LogP contribution in [0.5, 0.6) is 0 Å². The van der Waals surface area contributed by atoms with E-state index in [-0.39, 0.29) is 0 Å². The van der Waals surface area contributed by atoms with Crippen LogP contribution >= 0.6 is 0 Å². The largest absolute Gasteiger partial charge is 0.330 e. The number of benzene rings is 1. The molecule has 21 heavy (non-hydrogen) atoms. The van der Waals surface area contributed by atoms with Crippen molar-refractivity contribution in [3.63, 3.8) is 0 Å². The highest BCUT2D eigenvalue weighted by Crippen LogP contribution is 2.35. The molecule has 4 rings (SSSR count). The van der Waals surface area contributed by atoms with Crippen LogP contribution in [0.4, 0.5) is 0 Å². The predicted molar refractivity (Wildman–Crippen MR) is 83.6 cm³/mol. The maximum atomic E-state index is 4.69. The van der Waals surface area contributed by atoms with Gasteiger partial charge in [-0.1, -0.05) is 30.3 Å². The molecule has 0 aliphatic heterocycles. The molecule has 3 heteroatoms. The first-order valence-corrected chi connectivity index (χ1v) is 7.43. The highest BCUT2D eigenvalue weighted by molar-refractivity contribution is 5.78. The highest BCUT2D eigenvalue weighted by atomic mass is 15.1. The average molecular weight is 275 g/mol. The molecule has 1 fully saturated rings. The summed E-state index contributed by atoms with van der Waals surface area (Å²) < 4.78 is 2.30. The van der Waals surface area contributed by atoms with Crippen molar-refractivity contribution in [3.05, 3.63) is 61.2 Å². The predicted octanol–water partition coefficient (Wildman–Crippen LogP) is 4.02. The Balaban J connectivity index is 1.85. The molecule has 1 aliphatic carbocycles. The van der Waals surface area contributed by atoms with E-state index in [2.05, 4.69) is 50.9 Å². The van der Waals surface area contributed by atoms with Gasteiger partial charge in [-0.3, -0.25) is 4.98 Å². The molecule has 0 spiro atoms. The molecule has 0 radical (unpaired) electrons. The second-order valence-electron chi connectivity index (χ2n) is 5.64. The zero-order valence-corrected chi connectivity index (χ0v) is 11.8. The zero-order valence-electron chi connectivity index (χ0n) is 11.8. The Kier molecular flexibility index (Phi) is 3.03. The SMILES string of the molecule is c1ccc(-c2ncn(CC3CC3)c2-c2ccncc2)cc1. The van der Waals surface area contributed by atoms with Gasteiger partial charge in [0.05, 0.1) is 17.7 Å². The molecular weight excluding hydrogens is 258 g/mol. The number of nitrogens with zero attached hydrogens (tertiary/aromatic N) is 3. The fourth-order valence-electron chi connectivity index (χ4n) is 2.72. The molecule has 0 unspecified atom stereocenters. The standard InChI is InChI=1S/C18H17N3/c1-2-4-15(5-3-1)17-18(16-8-10-19-11-9-16)21(13-20-17)12-14-6-7-14/h1-5,8-11,13-14H,6-7,12H2. The quantitative estimate of drug-likeness (QED) is 0.720. The molecular formula is C18H17N3. The molecule has 1 aromatic carbocycles. The summed E-state index contributed by atoms with van der Waals surface area (Å²) in [7, 11) is 0. The Bertz CT molecular complexity index is 728. The minimum atomic E-state index is 0.823. The summed E-state index contributed by atoms with van der Waals surface area (Å²) in [5.74, 6) is 0.823. The maximum Gasteiger partial charge on any atom is 0.0963 e. The van der Waals surface area contributed by atoms with Crippen LogP contribution in [-0.2, 0) is 6.54 Å². The van der Waals surface area contributed by atoms with Gasteiger partial charge in [-0.05, 0) is 30.9 Å². The Morgan fingerprint density at radius 2 is 1.71 bits per heavy atom. The van der Waals surface area contributed by atoms with Gasteiger partial charge in [0.1, 0.15) is 0 Å². The molecule has 3 nitrogen and oxygen atoms in total. The van der Waals surface area contributed by atoms with Gasteiger partial charge < -0.3 is 4.57 Å². The first-order valence-electron chi connectivity index (χ1n) is 7.43. The van der Waals surface area contributed by atoms with Crippen LogP contribution in [0.15, 0.2) is 61.2 Å². The van der Waals surface area contributed by atoms with E-state index in [9.17, 15) is 0 Å². The molecule has 1 aliphatic rings. The average Bonchev–Trinajstić information content (AvgIpc) is 3.26. The number of pyridine rings is 1. The molecule has 2 heterocycles. The lowest BCUT2D eigenvalue weighted by Crippen LogP contribution is -2.01. The summed E-state index contributed by atoms with van der Waals surface area (Å²) >= 11 is 0. The molecule has 0 saturated heterocycles. The Labute approximate surface area is 124 Å². The van der Waals surface area contributed by atoms with E-state index in [1.54, 1.807) is 0 Å². The van der Waals surface area contributed by atoms with Crippen LogP contribution in [0, 0.1) is 5.92 Å². The molecule has 2 aromatic heterocycles. The lowest BCUT2D eigenvalue weighted by molar-refractivity contribution is 0.631. The van der Waals surface area contributed by atoms with Crippen molar-refractivity contribution >= 4 is 0 Å². The van der Waals surface area contributed by atoms with Crippen molar-refractivity contribution in [2.75, 3.05) is 0 Å². The van der Waals surface area contributed by atoms with Crippen molar-refractivity contribution in [2.24, 2.45) is 5.92 Å².